The Morgan fingerprint density at radius 1 is 1.11 bits per heavy atom. The van der Waals surface area contributed by atoms with Crippen LogP contribution in [-0.4, -0.2) is 26.5 Å². The average molecular weight is 404 g/mol. The van der Waals surface area contributed by atoms with E-state index in [1.807, 2.05) is 20.8 Å². The van der Waals surface area contributed by atoms with Crippen molar-refractivity contribution in [2.24, 2.45) is 5.92 Å². The molecule has 7 heteroatoms. The quantitative estimate of drug-likeness (QED) is 0.539. The van der Waals surface area contributed by atoms with Crippen LogP contribution in [0.3, 0.4) is 0 Å². The maximum absolute atomic E-state index is 12.6. The number of hydrogen-bond acceptors (Lipinski definition) is 5. The minimum Gasteiger partial charge on any atom is -0.348 e. The van der Waals surface area contributed by atoms with Gasteiger partial charge in [0.15, 0.2) is 5.82 Å². The van der Waals surface area contributed by atoms with E-state index in [2.05, 4.69) is 67.5 Å². The molecule has 6 nitrogen and oxygen atoms in total. The van der Waals surface area contributed by atoms with Crippen molar-refractivity contribution in [2.45, 2.75) is 71.0 Å². The van der Waals surface area contributed by atoms with E-state index in [1.54, 1.807) is 0 Å². The molecule has 0 radical (unpaired) electrons. The van der Waals surface area contributed by atoms with Crippen molar-refractivity contribution in [1.29, 1.82) is 0 Å². The van der Waals surface area contributed by atoms with Crippen LogP contribution in [-0.2, 0) is 10.2 Å². The van der Waals surface area contributed by atoms with E-state index in [4.69, 9.17) is 5.84 Å². The van der Waals surface area contributed by atoms with Gasteiger partial charge in [-0.3, -0.25) is 4.79 Å². The number of nitrogens with one attached hydrogen (secondary N) is 1. The van der Waals surface area contributed by atoms with Crippen LogP contribution < -0.4 is 11.2 Å². The zero-order chi connectivity index (χ0) is 21.1. The molecule has 3 N–H and O–H groups in total. The summed E-state index contributed by atoms with van der Waals surface area (Å²) in [4.78, 5) is 12.6. The van der Waals surface area contributed by atoms with E-state index in [9.17, 15) is 4.79 Å². The molecule has 0 bridgehead atoms. The fourth-order valence-electron chi connectivity index (χ4n) is 2.96. The van der Waals surface area contributed by atoms with E-state index in [-0.39, 0.29) is 29.0 Å². The first-order valence-corrected chi connectivity index (χ1v) is 10.7. The summed E-state index contributed by atoms with van der Waals surface area (Å²) in [5.74, 6) is 7.76. The molecule has 0 aliphatic carbocycles. The summed E-state index contributed by atoms with van der Waals surface area (Å²) in [5.41, 5.74) is 2.22. The van der Waals surface area contributed by atoms with Gasteiger partial charge in [0.25, 0.3) is 0 Å². The van der Waals surface area contributed by atoms with Crippen LogP contribution >= 0.6 is 11.8 Å². The highest BCUT2D eigenvalue weighted by molar-refractivity contribution is 7.99. The monoisotopic (exact) mass is 403 g/mol. The van der Waals surface area contributed by atoms with Gasteiger partial charge >= 0.3 is 0 Å². The van der Waals surface area contributed by atoms with Crippen molar-refractivity contribution in [3.05, 3.63) is 41.2 Å². The summed E-state index contributed by atoms with van der Waals surface area (Å²) < 4.78 is 1.47. The van der Waals surface area contributed by atoms with Crippen LogP contribution in [0.4, 0.5) is 0 Å². The Hall–Kier alpha value is -2.02. The Kier molecular flexibility index (Phi) is 7.15. The molecular formula is C21H33N5OS. The maximum Gasteiger partial charge on any atom is 0.230 e. The van der Waals surface area contributed by atoms with Crippen LogP contribution in [0, 0.1) is 5.92 Å². The van der Waals surface area contributed by atoms with Crippen molar-refractivity contribution in [1.82, 2.24) is 20.2 Å². The average Bonchev–Trinajstić information content (AvgIpc) is 2.98. The number of nitrogen functional groups attached to an aromatic ring is 1. The third-order valence-corrected chi connectivity index (χ3v) is 5.56. The van der Waals surface area contributed by atoms with Crippen molar-refractivity contribution in [3.63, 3.8) is 0 Å². The second-order valence-corrected chi connectivity index (χ2v) is 9.77. The molecule has 1 heterocycles. The number of amides is 1. The molecule has 2 rings (SSSR count). The third kappa shape index (κ3) is 5.50. The summed E-state index contributed by atoms with van der Waals surface area (Å²) in [5, 5.41) is 12.0. The summed E-state index contributed by atoms with van der Waals surface area (Å²) in [7, 11) is 0. The standard InChI is InChI=1S/C21H33N5OS/c1-13(2)15-8-10-16(11-9-15)18(14(3)4)23-17(27)12-28-20-25-24-19(26(20)22)21(5,6)7/h8-11,13-14,18H,12,22H2,1-7H3,(H,23,27). The van der Waals surface area contributed by atoms with Crippen LogP contribution in [0.1, 0.15) is 77.4 Å². The van der Waals surface area contributed by atoms with E-state index >= 15 is 0 Å². The lowest BCUT2D eigenvalue weighted by Gasteiger charge is -2.23. The molecule has 28 heavy (non-hydrogen) atoms. The molecule has 0 aliphatic heterocycles. The van der Waals surface area contributed by atoms with Crippen molar-refractivity contribution >= 4 is 17.7 Å². The summed E-state index contributed by atoms with van der Waals surface area (Å²) >= 11 is 1.30. The number of aromatic nitrogens is 3. The predicted molar refractivity (Wildman–Crippen MR) is 116 cm³/mol. The fourth-order valence-corrected chi connectivity index (χ4v) is 3.62. The predicted octanol–water partition coefficient (Wildman–Crippen LogP) is 4.02. The zero-order valence-electron chi connectivity index (χ0n) is 18.0. The van der Waals surface area contributed by atoms with Gasteiger partial charge in [0.05, 0.1) is 11.8 Å². The number of thioether (sulfide) groups is 1. The molecule has 1 aromatic heterocycles. The lowest BCUT2D eigenvalue weighted by atomic mass is 9.93. The molecule has 154 valence electrons. The molecule has 0 saturated heterocycles. The fraction of sp³-hybridized carbons (Fsp3) is 0.571. The maximum atomic E-state index is 12.6. The van der Waals surface area contributed by atoms with Gasteiger partial charge in [0, 0.05) is 5.41 Å². The summed E-state index contributed by atoms with van der Waals surface area (Å²) in [6.45, 7) is 14.7. The second kappa shape index (κ2) is 8.99. The molecular weight excluding hydrogens is 370 g/mol. The van der Waals surface area contributed by atoms with Gasteiger partial charge in [0.2, 0.25) is 11.1 Å². The lowest BCUT2D eigenvalue weighted by Crippen LogP contribution is -2.33. The topological polar surface area (TPSA) is 85.8 Å². The first kappa shape index (κ1) is 22.3. The Morgan fingerprint density at radius 2 is 1.68 bits per heavy atom. The largest absolute Gasteiger partial charge is 0.348 e. The number of nitrogens with zero attached hydrogens (tertiary/aromatic N) is 3. The smallest absolute Gasteiger partial charge is 0.230 e. The normalized spacial score (nSPS) is 13.2. The Labute approximate surface area is 172 Å². The second-order valence-electron chi connectivity index (χ2n) is 8.83. The number of nitrogens with two attached hydrogens (primary N) is 1. The summed E-state index contributed by atoms with van der Waals surface area (Å²) in [6.07, 6.45) is 0. The SMILES string of the molecule is CC(C)c1ccc(C(NC(=O)CSc2nnc(C(C)(C)C)n2N)C(C)C)cc1. The van der Waals surface area contributed by atoms with E-state index in [0.717, 1.165) is 5.56 Å². The number of hydrogen-bond donors (Lipinski definition) is 2. The minimum absolute atomic E-state index is 0.0322. The molecule has 1 atom stereocenters. The molecule has 1 aromatic carbocycles. The third-order valence-electron chi connectivity index (χ3n) is 4.61. The first-order valence-electron chi connectivity index (χ1n) is 9.73. The van der Waals surface area contributed by atoms with Gasteiger partial charge in [0.1, 0.15) is 0 Å². The summed E-state index contributed by atoms with van der Waals surface area (Å²) in [6, 6.07) is 8.47. The van der Waals surface area contributed by atoms with Gasteiger partial charge in [-0.2, -0.15) is 0 Å². The van der Waals surface area contributed by atoms with E-state index in [0.29, 0.717) is 16.9 Å². The van der Waals surface area contributed by atoms with Gasteiger partial charge < -0.3 is 11.2 Å². The van der Waals surface area contributed by atoms with Crippen molar-refractivity contribution in [3.8, 4) is 0 Å². The molecule has 0 aliphatic rings. The van der Waals surface area contributed by atoms with Crippen LogP contribution in [0.25, 0.3) is 0 Å². The molecule has 1 unspecified atom stereocenters. The number of benzene rings is 1. The molecule has 0 spiro atoms. The molecule has 0 saturated carbocycles. The highest BCUT2D eigenvalue weighted by Crippen LogP contribution is 2.26. The lowest BCUT2D eigenvalue weighted by molar-refractivity contribution is -0.119. The van der Waals surface area contributed by atoms with Gasteiger partial charge in [-0.25, -0.2) is 4.68 Å². The zero-order valence-corrected chi connectivity index (χ0v) is 18.8. The highest BCUT2D eigenvalue weighted by atomic mass is 32.2. The minimum atomic E-state index is -0.201. The Bertz CT molecular complexity index is 790. The molecule has 1 amide bonds. The van der Waals surface area contributed by atoms with Crippen molar-refractivity contribution < 1.29 is 4.79 Å². The van der Waals surface area contributed by atoms with Gasteiger partial charge in [-0.05, 0) is 23.0 Å². The van der Waals surface area contributed by atoms with Gasteiger partial charge in [-0.1, -0.05) is 84.5 Å². The highest BCUT2D eigenvalue weighted by Gasteiger charge is 2.24. The van der Waals surface area contributed by atoms with Crippen LogP contribution in [0.15, 0.2) is 29.4 Å². The molecule has 0 fully saturated rings. The van der Waals surface area contributed by atoms with E-state index < -0.39 is 0 Å². The Morgan fingerprint density at radius 3 is 2.14 bits per heavy atom. The Balaban J connectivity index is 2.02. The van der Waals surface area contributed by atoms with Crippen LogP contribution in [0.2, 0.25) is 0 Å². The van der Waals surface area contributed by atoms with Crippen molar-refractivity contribution in [2.75, 3.05) is 11.6 Å². The number of rotatable bonds is 7. The van der Waals surface area contributed by atoms with E-state index in [1.165, 1.54) is 22.0 Å². The number of carbonyl (C=O) groups is 1. The van der Waals surface area contributed by atoms with Gasteiger partial charge in [-0.15, -0.1) is 10.2 Å². The molecule has 2 aromatic rings. The number of carbonyl (C=O) groups excluding carboxylic acids is 1. The first-order chi connectivity index (χ1) is 13.0. The van der Waals surface area contributed by atoms with Crippen LogP contribution in [0.5, 0.6) is 0 Å².